The summed E-state index contributed by atoms with van der Waals surface area (Å²) in [7, 11) is 0. The van der Waals surface area contributed by atoms with Crippen molar-refractivity contribution in [2.24, 2.45) is 5.92 Å². The fourth-order valence-electron chi connectivity index (χ4n) is 1.86. The molecule has 0 saturated carbocycles. The molecule has 2 heterocycles. The second-order valence-corrected chi connectivity index (χ2v) is 3.91. The van der Waals surface area contributed by atoms with Crippen molar-refractivity contribution in [3.8, 4) is 0 Å². The third-order valence-corrected chi connectivity index (χ3v) is 2.81. The molecule has 2 aliphatic heterocycles. The summed E-state index contributed by atoms with van der Waals surface area (Å²) < 4.78 is 5.05. The zero-order valence-corrected chi connectivity index (χ0v) is 8.03. The van der Waals surface area contributed by atoms with Crippen LogP contribution in [0.25, 0.3) is 0 Å². The molecule has 5 heteroatoms. The van der Waals surface area contributed by atoms with E-state index in [1.165, 1.54) is 0 Å². The van der Waals surface area contributed by atoms with Gasteiger partial charge in [0.1, 0.15) is 0 Å². The Bertz CT molecular complexity index is 216. The van der Waals surface area contributed by atoms with Crippen LogP contribution < -0.4 is 10.6 Å². The Balaban J connectivity index is 1.81. The molecule has 0 bridgehead atoms. The molecule has 2 fully saturated rings. The van der Waals surface area contributed by atoms with Gasteiger partial charge in [-0.25, -0.2) is 0 Å². The lowest BCUT2D eigenvalue weighted by Crippen LogP contribution is -2.45. The van der Waals surface area contributed by atoms with Crippen LogP contribution in [0.15, 0.2) is 0 Å². The highest BCUT2D eigenvalue weighted by Crippen LogP contribution is 2.10. The molecule has 14 heavy (non-hydrogen) atoms. The third-order valence-electron chi connectivity index (χ3n) is 2.81. The predicted molar refractivity (Wildman–Crippen MR) is 49.7 cm³/mol. The van der Waals surface area contributed by atoms with E-state index >= 15 is 0 Å². The molecule has 2 rings (SSSR count). The minimum atomic E-state index is -0.548. The van der Waals surface area contributed by atoms with Crippen LogP contribution >= 0.6 is 0 Å². The van der Waals surface area contributed by atoms with E-state index in [1.807, 2.05) is 0 Å². The van der Waals surface area contributed by atoms with Crippen LogP contribution in [0.4, 0.5) is 0 Å². The van der Waals surface area contributed by atoms with E-state index in [9.17, 15) is 9.90 Å². The van der Waals surface area contributed by atoms with Gasteiger partial charge in [-0.15, -0.1) is 0 Å². The molecule has 3 atom stereocenters. The first kappa shape index (κ1) is 9.89. The molecule has 5 nitrogen and oxygen atoms in total. The van der Waals surface area contributed by atoms with E-state index in [0.717, 1.165) is 19.5 Å². The summed E-state index contributed by atoms with van der Waals surface area (Å²) in [5.41, 5.74) is 0. The van der Waals surface area contributed by atoms with Crippen LogP contribution in [0.5, 0.6) is 0 Å². The van der Waals surface area contributed by atoms with Crippen LogP contribution in [0.2, 0.25) is 0 Å². The minimum absolute atomic E-state index is 0.0320. The van der Waals surface area contributed by atoms with Crippen molar-refractivity contribution in [2.75, 3.05) is 26.3 Å². The van der Waals surface area contributed by atoms with Gasteiger partial charge >= 0.3 is 0 Å². The second kappa shape index (κ2) is 4.25. The van der Waals surface area contributed by atoms with E-state index in [0.29, 0.717) is 13.2 Å². The van der Waals surface area contributed by atoms with Gasteiger partial charge in [-0.1, -0.05) is 0 Å². The molecule has 0 aromatic rings. The van der Waals surface area contributed by atoms with Crippen molar-refractivity contribution in [3.05, 3.63) is 0 Å². The average Bonchev–Trinajstić information content (AvgIpc) is 2.77. The molecule has 0 spiro atoms. The number of hydrogen-bond donors (Lipinski definition) is 3. The molecule has 2 saturated heterocycles. The van der Waals surface area contributed by atoms with Crippen LogP contribution in [0.3, 0.4) is 0 Å². The van der Waals surface area contributed by atoms with E-state index in [-0.39, 0.29) is 17.9 Å². The van der Waals surface area contributed by atoms with Gasteiger partial charge in [0.25, 0.3) is 0 Å². The normalized spacial score (nSPS) is 37.4. The average molecular weight is 200 g/mol. The molecule has 0 aromatic carbocycles. The van der Waals surface area contributed by atoms with Crippen LogP contribution in [-0.4, -0.2) is 49.5 Å². The fourth-order valence-corrected chi connectivity index (χ4v) is 1.86. The number of ether oxygens (including phenoxy) is 1. The molecule has 1 unspecified atom stereocenters. The number of aliphatic hydroxyl groups is 1. The van der Waals surface area contributed by atoms with Gasteiger partial charge in [-0.3, -0.25) is 4.79 Å². The quantitative estimate of drug-likeness (QED) is 0.506. The molecule has 80 valence electrons. The SMILES string of the molecule is O=C(N[C@@H]1COC[C@H]1O)C1CCNC1. The first-order valence-corrected chi connectivity index (χ1v) is 5.04. The van der Waals surface area contributed by atoms with Gasteiger partial charge < -0.3 is 20.5 Å². The highest BCUT2D eigenvalue weighted by atomic mass is 16.5. The monoisotopic (exact) mass is 200 g/mol. The molecule has 1 amide bonds. The second-order valence-electron chi connectivity index (χ2n) is 3.91. The summed E-state index contributed by atoms with van der Waals surface area (Å²) >= 11 is 0. The highest BCUT2D eigenvalue weighted by molar-refractivity contribution is 5.79. The maximum absolute atomic E-state index is 11.6. The van der Waals surface area contributed by atoms with E-state index in [2.05, 4.69) is 10.6 Å². The molecule has 0 aliphatic carbocycles. The summed E-state index contributed by atoms with van der Waals surface area (Å²) in [6.07, 6.45) is 0.337. The standard InChI is InChI=1S/C9H16N2O3/c12-8-5-14-4-7(8)11-9(13)6-1-2-10-3-6/h6-8,10,12H,1-5H2,(H,11,13)/t6?,7-,8-/m1/s1. The Kier molecular flexibility index (Phi) is 3.00. The van der Waals surface area contributed by atoms with Gasteiger partial charge in [0.05, 0.1) is 31.3 Å². The number of hydrogen-bond acceptors (Lipinski definition) is 4. The molecule has 0 radical (unpaired) electrons. The number of carbonyl (C=O) groups is 1. The molecular weight excluding hydrogens is 184 g/mol. The number of aliphatic hydroxyl groups excluding tert-OH is 1. The summed E-state index contributed by atoms with van der Waals surface area (Å²) in [5, 5.41) is 15.4. The maximum atomic E-state index is 11.6. The Labute approximate surface area is 82.8 Å². The zero-order valence-electron chi connectivity index (χ0n) is 8.03. The molecular formula is C9H16N2O3. The van der Waals surface area contributed by atoms with Gasteiger partial charge in [0.15, 0.2) is 0 Å². The van der Waals surface area contributed by atoms with Crippen molar-refractivity contribution in [3.63, 3.8) is 0 Å². The van der Waals surface area contributed by atoms with Crippen LogP contribution in [0, 0.1) is 5.92 Å². The molecule has 0 aromatic heterocycles. The summed E-state index contributed by atoms with van der Waals surface area (Å²) in [6, 6.07) is -0.219. The molecule has 3 N–H and O–H groups in total. The fraction of sp³-hybridized carbons (Fsp3) is 0.889. The largest absolute Gasteiger partial charge is 0.388 e. The first-order valence-electron chi connectivity index (χ1n) is 5.04. The minimum Gasteiger partial charge on any atom is -0.388 e. The van der Waals surface area contributed by atoms with E-state index in [4.69, 9.17) is 4.74 Å². The van der Waals surface area contributed by atoms with E-state index in [1.54, 1.807) is 0 Å². The Morgan fingerprint density at radius 1 is 1.50 bits per heavy atom. The third kappa shape index (κ3) is 2.05. The number of carbonyl (C=O) groups excluding carboxylic acids is 1. The van der Waals surface area contributed by atoms with Gasteiger partial charge in [0, 0.05) is 6.54 Å². The Morgan fingerprint density at radius 3 is 2.93 bits per heavy atom. The van der Waals surface area contributed by atoms with Crippen LogP contribution in [0.1, 0.15) is 6.42 Å². The van der Waals surface area contributed by atoms with Crippen molar-refractivity contribution in [2.45, 2.75) is 18.6 Å². The Morgan fingerprint density at radius 2 is 2.36 bits per heavy atom. The number of rotatable bonds is 2. The summed E-state index contributed by atoms with van der Waals surface area (Å²) in [6.45, 7) is 2.40. The van der Waals surface area contributed by atoms with Crippen molar-refractivity contribution in [1.29, 1.82) is 0 Å². The number of nitrogens with one attached hydrogen (secondary N) is 2. The van der Waals surface area contributed by atoms with Gasteiger partial charge in [-0.05, 0) is 13.0 Å². The lowest BCUT2D eigenvalue weighted by atomic mass is 10.1. The maximum Gasteiger partial charge on any atom is 0.224 e. The topological polar surface area (TPSA) is 70.6 Å². The van der Waals surface area contributed by atoms with Crippen LogP contribution in [-0.2, 0) is 9.53 Å². The summed E-state index contributed by atoms with van der Waals surface area (Å²) in [4.78, 5) is 11.6. The van der Waals surface area contributed by atoms with E-state index < -0.39 is 6.10 Å². The van der Waals surface area contributed by atoms with Crippen molar-refractivity contribution < 1.29 is 14.6 Å². The van der Waals surface area contributed by atoms with Gasteiger partial charge in [0.2, 0.25) is 5.91 Å². The lowest BCUT2D eigenvalue weighted by Gasteiger charge is -2.17. The Hall–Kier alpha value is -0.650. The van der Waals surface area contributed by atoms with Crippen molar-refractivity contribution in [1.82, 2.24) is 10.6 Å². The lowest BCUT2D eigenvalue weighted by molar-refractivity contribution is -0.125. The van der Waals surface area contributed by atoms with Gasteiger partial charge in [-0.2, -0.15) is 0 Å². The summed E-state index contributed by atoms with van der Waals surface area (Å²) in [5.74, 6) is 0.0901. The predicted octanol–water partition coefficient (Wildman–Crippen LogP) is -1.53. The smallest absolute Gasteiger partial charge is 0.224 e. The van der Waals surface area contributed by atoms with Crippen molar-refractivity contribution >= 4 is 5.91 Å². The number of amides is 1. The zero-order chi connectivity index (χ0) is 9.97. The highest BCUT2D eigenvalue weighted by Gasteiger charge is 2.30. The molecule has 2 aliphatic rings. The first-order chi connectivity index (χ1) is 6.77.